The van der Waals surface area contributed by atoms with Gasteiger partial charge in [-0.1, -0.05) is 18.2 Å². The highest BCUT2D eigenvalue weighted by atomic mass is 16.5. The van der Waals surface area contributed by atoms with E-state index in [0.717, 1.165) is 43.6 Å². The van der Waals surface area contributed by atoms with Crippen LogP contribution in [0.15, 0.2) is 18.2 Å². The molecule has 0 spiro atoms. The third-order valence-electron chi connectivity index (χ3n) is 3.96. The number of para-hydroxylation sites is 1. The van der Waals surface area contributed by atoms with Gasteiger partial charge in [-0.25, -0.2) is 0 Å². The highest BCUT2D eigenvalue weighted by Crippen LogP contribution is 2.48. The van der Waals surface area contributed by atoms with Crippen molar-refractivity contribution in [1.29, 1.82) is 0 Å². The first kappa shape index (κ1) is 11.1. The van der Waals surface area contributed by atoms with Crippen molar-refractivity contribution in [3.8, 4) is 5.75 Å². The molecule has 0 radical (unpaired) electrons. The smallest absolute Gasteiger partial charge is 0.128 e. The molecule has 92 valence electrons. The average molecular weight is 233 g/mol. The molecule has 1 aromatic rings. The van der Waals surface area contributed by atoms with Gasteiger partial charge in [0.25, 0.3) is 0 Å². The molecule has 1 unspecified atom stereocenters. The van der Waals surface area contributed by atoms with E-state index in [2.05, 4.69) is 6.07 Å². The minimum absolute atomic E-state index is 0.275. The van der Waals surface area contributed by atoms with Crippen LogP contribution >= 0.6 is 0 Å². The summed E-state index contributed by atoms with van der Waals surface area (Å²) in [5.41, 5.74) is 7.03. The van der Waals surface area contributed by atoms with E-state index in [1.54, 1.807) is 0 Å². The van der Waals surface area contributed by atoms with E-state index < -0.39 is 5.60 Å². The standard InChI is InChI=1S/C14H19NO2/c15-9-14(16,11-6-7-11)12-5-1-3-10-4-2-8-17-13(10)12/h1,3,5,11,16H,2,4,6-9,15H2. The Balaban J connectivity index is 2.07. The van der Waals surface area contributed by atoms with Gasteiger partial charge < -0.3 is 15.6 Å². The molecule has 0 saturated heterocycles. The van der Waals surface area contributed by atoms with Crippen LogP contribution in [0.2, 0.25) is 0 Å². The predicted octanol–water partition coefficient (Wildman–Crippen LogP) is 1.57. The van der Waals surface area contributed by atoms with Crippen LogP contribution in [0.1, 0.15) is 30.4 Å². The fraction of sp³-hybridized carbons (Fsp3) is 0.571. The number of aryl methyl sites for hydroxylation is 1. The molecule has 1 aromatic carbocycles. The van der Waals surface area contributed by atoms with Crippen molar-refractivity contribution in [2.24, 2.45) is 11.7 Å². The third-order valence-corrected chi connectivity index (χ3v) is 3.96. The summed E-state index contributed by atoms with van der Waals surface area (Å²) in [6.07, 6.45) is 4.23. The summed E-state index contributed by atoms with van der Waals surface area (Å²) in [7, 11) is 0. The lowest BCUT2D eigenvalue weighted by Crippen LogP contribution is -2.38. The zero-order valence-corrected chi connectivity index (χ0v) is 9.98. The van der Waals surface area contributed by atoms with E-state index in [0.29, 0.717) is 5.92 Å². The molecular formula is C14H19NO2. The molecule has 3 nitrogen and oxygen atoms in total. The Morgan fingerprint density at radius 1 is 1.41 bits per heavy atom. The second-order valence-corrected chi connectivity index (χ2v) is 5.15. The first-order chi connectivity index (χ1) is 8.25. The van der Waals surface area contributed by atoms with Crippen LogP contribution in [-0.2, 0) is 12.0 Å². The van der Waals surface area contributed by atoms with Gasteiger partial charge in [0.1, 0.15) is 11.4 Å². The lowest BCUT2D eigenvalue weighted by molar-refractivity contribution is 0.0189. The molecule has 1 fully saturated rings. The van der Waals surface area contributed by atoms with Crippen molar-refractivity contribution < 1.29 is 9.84 Å². The number of ether oxygens (including phenoxy) is 1. The van der Waals surface area contributed by atoms with Gasteiger partial charge in [-0.3, -0.25) is 0 Å². The molecule has 2 aliphatic rings. The summed E-state index contributed by atoms with van der Waals surface area (Å²) in [4.78, 5) is 0. The van der Waals surface area contributed by atoms with Gasteiger partial charge in [-0.05, 0) is 37.2 Å². The maximum atomic E-state index is 10.8. The summed E-state index contributed by atoms with van der Waals surface area (Å²) < 4.78 is 5.76. The van der Waals surface area contributed by atoms with E-state index in [1.165, 1.54) is 5.56 Å². The third kappa shape index (κ3) is 1.74. The number of rotatable bonds is 3. The number of fused-ring (bicyclic) bond motifs is 1. The van der Waals surface area contributed by atoms with Crippen LogP contribution in [0.25, 0.3) is 0 Å². The van der Waals surface area contributed by atoms with Crippen molar-refractivity contribution in [3.05, 3.63) is 29.3 Å². The number of nitrogens with two attached hydrogens (primary N) is 1. The lowest BCUT2D eigenvalue weighted by atomic mass is 9.86. The summed E-state index contributed by atoms with van der Waals surface area (Å²) >= 11 is 0. The summed E-state index contributed by atoms with van der Waals surface area (Å²) in [5, 5.41) is 10.8. The summed E-state index contributed by atoms with van der Waals surface area (Å²) in [6, 6.07) is 6.06. The number of aliphatic hydroxyl groups is 1. The highest BCUT2D eigenvalue weighted by Gasteiger charge is 2.46. The molecule has 17 heavy (non-hydrogen) atoms. The van der Waals surface area contributed by atoms with Gasteiger partial charge in [0, 0.05) is 12.1 Å². The van der Waals surface area contributed by atoms with E-state index in [1.807, 2.05) is 12.1 Å². The molecule has 1 aliphatic carbocycles. The molecular weight excluding hydrogens is 214 g/mol. The fourth-order valence-corrected chi connectivity index (χ4v) is 2.79. The predicted molar refractivity (Wildman–Crippen MR) is 65.9 cm³/mol. The van der Waals surface area contributed by atoms with Crippen molar-refractivity contribution in [2.75, 3.05) is 13.2 Å². The van der Waals surface area contributed by atoms with Gasteiger partial charge in [-0.15, -0.1) is 0 Å². The molecule has 0 bridgehead atoms. The van der Waals surface area contributed by atoms with Crippen molar-refractivity contribution in [1.82, 2.24) is 0 Å². The van der Waals surface area contributed by atoms with Gasteiger partial charge >= 0.3 is 0 Å². The number of hydrogen-bond acceptors (Lipinski definition) is 3. The Morgan fingerprint density at radius 3 is 2.94 bits per heavy atom. The maximum absolute atomic E-state index is 10.8. The number of benzene rings is 1. The van der Waals surface area contributed by atoms with Crippen molar-refractivity contribution >= 4 is 0 Å². The quantitative estimate of drug-likeness (QED) is 0.833. The van der Waals surface area contributed by atoms with Crippen molar-refractivity contribution in [3.63, 3.8) is 0 Å². The Bertz CT molecular complexity index is 428. The van der Waals surface area contributed by atoms with Crippen LogP contribution in [0.4, 0.5) is 0 Å². The van der Waals surface area contributed by atoms with Gasteiger partial charge in [0.15, 0.2) is 0 Å². The van der Waals surface area contributed by atoms with Crippen molar-refractivity contribution in [2.45, 2.75) is 31.3 Å². The SMILES string of the molecule is NCC(O)(c1cccc2c1OCCC2)C1CC1. The van der Waals surface area contributed by atoms with E-state index >= 15 is 0 Å². The number of hydrogen-bond donors (Lipinski definition) is 2. The zero-order chi connectivity index (χ0) is 11.9. The van der Waals surface area contributed by atoms with Crippen LogP contribution < -0.4 is 10.5 Å². The van der Waals surface area contributed by atoms with Crippen LogP contribution in [0.5, 0.6) is 5.75 Å². The molecule has 3 heteroatoms. The van der Waals surface area contributed by atoms with E-state index in [4.69, 9.17) is 10.5 Å². The Hall–Kier alpha value is -1.06. The normalized spacial score (nSPS) is 22.5. The van der Waals surface area contributed by atoms with Gasteiger partial charge in [-0.2, -0.15) is 0 Å². The Morgan fingerprint density at radius 2 is 2.24 bits per heavy atom. The fourth-order valence-electron chi connectivity index (χ4n) is 2.79. The average Bonchev–Trinajstić information content (AvgIpc) is 3.22. The Kier molecular flexibility index (Phi) is 2.60. The minimum atomic E-state index is -0.886. The first-order valence-electron chi connectivity index (χ1n) is 6.43. The second kappa shape index (κ2) is 4.00. The zero-order valence-electron chi connectivity index (χ0n) is 9.98. The highest BCUT2D eigenvalue weighted by molar-refractivity contribution is 5.46. The van der Waals surface area contributed by atoms with Crippen LogP contribution in [0.3, 0.4) is 0 Å². The largest absolute Gasteiger partial charge is 0.493 e. The minimum Gasteiger partial charge on any atom is -0.493 e. The monoisotopic (exact) mass is 233 g/mol. The second-order valence-electron chi connectivity index (χ2n) is 5.15. The molecule has 1 saturated carbocycles. The molecule has 1 heterocycles. The summed E-state index contributed by atoms with van der Waals surface area (Å²) in [5.74, 6) is 1.20. The van der Waals surface area contributed by atoms with Crippen LogP contribution in [-0.4, -0.2) is 18.3 Å². The van der Waals surface area contributed by atoms with Crippen LogP contribution in [0, 0.1) is 5.92 Å². The Labute approximate surface area is 102 Å². The summed E-state index contributed by atoms with van der Waals surface area (Å²) in [6.45, 7) is 1.02. The molecule has 3 rings (SSSR count). The molecule has 1 aliphatic heterocycles. The molecule has 1 atom stereocenters. The van der Waals surface area contributed by atoms with Gasteiger partial charge in [0.2, 0.25) is 0 Å². The lowest BCUT2D eigenvalue weighted by Gasteiger charge is -2.31. The van der Waals surface area contributed by atoms with Gasteiger partial charge in [0.05, 0.1) is 6.61 Å². The first-order valence-corrected chi connectivity index (χ1v) is 6.43. The molecule has 3 N–H and O–H groups in total. The van der Waals surface area contributed by atoms with E-state index in [9.17, 15) is 5.11 Å². The maximum Gasteiger partial charge on any atom is 0.128 e. The molecule has 0 aromatic heterocycles. The van der Waals surface area contributed by atoms with E-state index in [-0.39, 0.29) is 6.54 Å². The molecule has 0 amide bonds. The topological polar surface area (TPSA) is 55.5 Å².